The minimum absolute atomic E-state index is 0.214. The first-order valence-corrected chi connectivity index (χ1v) is 5.94. The van der Waals surface area contributed by atoms with Crippen molar-refractivity contribution in [2.24, 2.45) is 5.41 Å². The molecule has 0 spiro atoms. The van der Waals surface area contributed by atoms with E-state index in [0.29, 0.717) is 17.3 Å². The summed E-state index contributed by atoms with van der Waals surface area (Å²) in [5, 5.41) is 12.4. The summed E-state index contributed by atoms with van der Waals surface area (Å²) in [5.41, 5.74) is 1.13. The van der Waals surface area contributed by atoms with Gasteiger partial charge in [0.1, 0.15) is 0 Å². The van der Waals surface area contributed by atoms with Gasteiger partial charge < -0.3 is 10.4 Å². The fourth-order valence-corrected chi connectivity index (χ4v) is 2.48. The maximum atomic E-state index is 11.1. The van der Waals surface area contributed by atoms with Crippen LogP contribution in [0.1, 0.15) is 43.5 Å². The Morgan fingerprint density at radius 3 is 2.94 bits per heavy atom. The van der Waals surface area contributed by atoms with Crippen LogP contribution < -0.4 is 5.32 Å². The molecule has 4 nitrogen and oxygen atoms in total. The molecule has 4 heteroatoms. The van der Waals surface area contributed by atoms with Gasteiger partial charge in [0.05, 0.1) is 17.4 Å². The Kier molecular flexibility index (Phi) is 3.05. The average Bonchev–Trinajstić information content (AvgIpc) is 2.59. The second kappa shape index (κ2) is 4.35. The quantitative estimate of drug-likeness (QED) is 0.844. The van der Waals surface area contributed by atoms with Crippen LogP contribution in [0.3, 0.4) is 0 Å². The topological polar surface area (TPSA) is 62.2 Å². The zero-order valence-electron chi connectivity index (χ0n) is 10.2. The summed E-state index contributed by atoms with van der Waals surface area (Å²) in [6, 6.07) is 1.86. The van der Waals surface area contributed by atoms with Crippen molar-refractivity contribution in [3.8, 4) is 0 Å². The lowest BCUT2D eigenvalue weighted by Crippen LogP contribution is -2.31. The predicted molar refractivity (Wildman–Crippen MR) is 66.2 cm³/mol. The molecule has 1 unspecified atom stereocenters. The van der Waals surface area contributed by atoms with Crippen LogP contribution in [0.2, 0.25) is 0 Å². The SMILES string of the molecule is CC1(C)CCCC1Nc1cnccc1C(=O)O. The van der Waals surface area contributed by atoms with Gasteiger partial charge in [0.25, 0.3) is 0 Å². The first-order chi connectivity index (χ1) is 8.00. The summed E-state index contributed by atoms with van der Waals surface area (Å²) >= 11 is 0. The molecule has 1 fully saturated rings. The standard InChI is InChI=1S/C13H18N2O2/c1-13(2)6-3-4-11(13)15-10-8-14-7-5-9(10)12(16)17/h5,7-8,11,15H,3-4,6H2,1-2H3,(H,16,17). The van der Waals surface area contributed by atoms with E-state index in [2.05, 4.69) is 24.1 Å². The number of carbonyl (C=O) groups is 1. The Bertz CT molecular complexity index is 429. The number of carboxylic acid groups (broad SMARTS) is 1. The normalized spacial score (nSPS) is 22.4. The van der Waals surface area contributed by atoms with Crippen molar-refractivity contribution < 1.29 is 9.90 Å². The number of carboxylic acids is 1. The minimum atomic E-state index is -0.911. The summed E-state index contributed by atoms with van der Waals surface area (Å²) < 4.78 is 0. The lowest BCUT2D eigenvalue weighted by molar-refractivity contribution is 0.0697. The number of rotatable bonds is 3. The Labute approximate surface area is 101 Å². The average molecular weight is 234 g/mol. The minimum Gasteiger partial charge on any atom is -0.478 e. The van der Waals surface area contributed by atoms with Crippen molar-refractivity contribution in [1.82, 2.24) is 4.98 Å². The molecular weight excluding hydrogens is 216 g/mol. The van der Waals surface area contributed by atoms with Gasteiger partial charge in [-0.1, -0.05) is 20.3 Å². The molecule has 1 aliphatic rings. The Hall–Kier alpha value is -1.58. The van der Waals surface area contributed by atoms with Gasteiger partial charge in [-0.3, -0.25) is 4.98 Å². The number of nitrogens with one attached hydrogen (secondary N) is 1. The first kappa shape index (κ1) is 11.9. The van der Waals surface area contributed by atoms with Gasteiger partial charge in [-0.15, -0.1) is 0 Å². The van der Waals surface area contributed by atoms with Crippen molar-refractivity contribution >= 4 is 11.7 Å². The number of anilines is 1. The highest BCUT2D eigenvalue weighted by molar-refractivity contribution is 5.93. The molecule has 0 radical (unpaired) electrons. The van der Waals surface area contributed by atoms with Gasteiger partial charge in [-0.25, -0.2) is 4.79 Å². The molecule has 1 aromatic rings. The maximum Gasteiger partial charge on any atom is 0.337 e. The van der Waals surface area contributed by atoms with E-state index in [4.69, 9.17) is 5.11 Å². The van der Waals surface area contributed by atoms with Gasteiger partial charge in [-0.2, -0.15) is 0 Å². The van der Waals surface area contributed by atoms with Crippen LogP contribution in [0.25, 0.3) is 0 Å². The van der Waals surface area contributed by atoms with Gasteiger partial charge >= 0.3 is 5.97 Å². The summed E-state index contributed by atoms with van der Waals surface area (Å²) in [5.74, 6) is -0.911. The largest absolute Gasteiger partial charge is 0.478 e. The Morgan fingerprint density at radius 1 is 1.59 bits per heavy atom. The third kappa shape index (κ3) is 2.40. The maximum absolute atomic E-state index is 11.1. The molecule has 0 amide bonds. The summed E-state index contributed by atoms with van der Waals surface area (Å²) in [4.78, 5) is 15.1. The lowest BCUT2D eigenvalue weighted by atomic mass is 9.87. The van der Waals surface area contributed by atoms with E-state index < -0.39 is 5.97 Å². The molecule has 1 heterocycles. The molecule has 0 aromatic carbocycles. The van der Waals surface area contributed by atoms with E-state index in [9.17, 15) is 4.79 Å². The molecule has 1 atom stereocenters. The second-order valence-corrected chi connectivity index (χ2v) is 5.30. The van der Waals surface area contributed by atoms with Crippen molar-refractivity contribution in [1.29, 1.82) is 0 Å². The van der Waals surface area contributed by atoms with Crippen LogP contribution in [0.15, 0.2) is 18.5 Å². The summed E-state index contributed by atoms with van der Waals surface area (Å²) in [7, 11) is 0. The molecule has 1 saturated carbocycles. The first-order valence-electron chi connectivity index (χ1n) is 5.94. The van der Waals surface area contributed by atoms with Crippen LogP contribution in [-0.2, 0) is 0 Å². The molecule has 0 saturated heterocycles. The van der Waals surface area contributed by atoms with Gasteiger partial charge in [0.2, 0.25) is 0 Å². The van der Waals surface area contributed by atoms with Crippen molar-refractivity contribution in [3.63, 3.8) is 0 Å². The zero-order valence-corrected chi connectivity index (χ0v) is 10.2. The van der Waals surface area contributed by atoms with Crippen molar-refractivity contribution in [2.75, 3.05) is 5.32 Å². The van der Waals surface area contributed by atoms with E-state index >= 15 is 0 Å². The van der Waals surface area contributed by atoms with Crippen LogP contribution >= 0.6 is 0 Å². The Morgan fingerprint density at radius 2 is 2.35 bits per heavy atom. The number of hydrogen-bond acceptors (Lipinski definition) is 3. The second-order valence-electron chi connectivity index (χ2n) is 5.30. The van der Waals surface area contributed by atoms with E-state index in [0.717, 1.165) is 6.42 Å². The number of aromatic nitrogens is 1. The van der Waals surface area contributed by atoms with E-state index in [-0.39, 0.29) is 5.41 Å². The molecule has 17 heavy (non-hydrogen) atoms. The number of hydrogen-bond donors (Lipinski definition) is 2. The molecule has 2 rings (SSSR count). The smallest absolute Gasteiger partial charge is 0.337 e. The molecule has 0 aliphatic heterocycles. The highest BCUT2D eigenvalue weighted by Crippen LogP contribution is 2.39. The van der Waals surface area contributed by atoms with Crippen LogP contribution in [0, 0.1) is 5.41 Å². The molecule has 0 bridgehead atoms. The molecular formula is C13H18N2O2. The lowest BCUT2D eigenvalue weighted by Gasteiger charge is -2.29. The monoisotopic (exact) mass is 234 g/mol. The van der Waals surface area contributed by atoms with Crippen LogP contribution in [0.5, 0.6) is 0 Å². The van der Waals surface area contributed by atoms with Crippen LogP contribution in [-0.4, -0.2) is 22.1 Å². The molecule has 2 N–H and O–H groups in total. The van der Waals surface area contributed by atoms with Gasteiger partial charge in [0, 0.05) is 12.2 Å². The highest BCUT2D eigenvalue weighted by atomic mass is 16.4. The van der Waals surface area contributed by atoms with E-state index in [1.54, 1.807) is 6.20 Å². The summed E-state index contributed by atoms with van der Waals surface area (Å²) in [6.45, 7) is 4.43. The fraction of sp³-hybridized carbons (Fsp3) is 0.538. The summed E-state index contributed by atoms with van der Waals surface area (Å²) in [6.07, 6.45) is 6.55. The number of nitrogens with zero attached hydrogens (tertiary/aromatic N) is 1. The highest BCUT2D eigenvalue weighted by Gasteiger charge is 2.34. The van der Waals surface area contributed by atoms with Gasteiger partial charge in [0.15, 0.2) is 0 Å². The molecule has 1 aromatic heterocycles. The zero-order chi connectivity index (χ0) is 12.5. The van der Waals surface area contributed by atoms with Gasteiger partial charge in [-0.05, 0) is 24.3 Å². The molecule has 1 aliphatic carbocycles. The Balaban J connectivity index is 2.21. The van der Waals surface area contributed by atoms with E-state index in [1.807, 2.05) is 0 Å². The third-order valence-corrected chi connectivity index (χ3v) is 3.64. The van der Waals surface area contributed by atoms with Crippen molar-refractivity contribution in [3.05, 3.63) is 24.0 Å². The third-order valence-electron chi connectivity index (χ3n) is 3.64. The fourth-order valence-electron chi connectivity index (χ4n) is 2.48. The number of pyridine rings is 1. The van der Waals surface area contributed by atoms with E-state index in [1.165, 1.54) is 25.1 Å². The molecule has 92 valence electrons. The number of aromatic carboxylic acids is 1. The predicted octanol–water partition coefficient (Wildman–Crippen LogP) is 2.77. The van der Waals surface area contributed by atoms with Crippen molar-refractivity contribution in [2.45, 2.75) is 39.2 Å². The van der Waals surface area contributed by atoms with Crippen LogP contribution in [0.4, 0.5) is 5.69 Å².